The Morgan fingerprint density at radius 2 is 1.88 bits per heavy atom. The van der Waals surface area contributed by atoms with Crippen molar-refractivity contribution < 1.29 is 4.39 Å². The maximum absolute atomic E-state index is 13.3. The molecular weight excluding hydrogens is 201 g/mol. The molecule has 0 atom stereocenters. The van der Waals surface area contributed by atoms with E-state index in [1.165, 1.54) is 38.2 Å². The van der Waals surface area contributed by atoms with Crippen LogP contribution in [0.1, 0.15) is 37.7 Å². The normalized spacial score (nSPS) is 17.6. The highest BCUT2D eigenvalue weighted by Crippen LogP contribution is 2.17. The van der Waals surface area contributed by atoms with Gasteiger partial charge in [0.05, 0.1) is 0 Å². The second-order valence-corrected chi connectivity index (χ2v) is 4.63. The lowest BCUT2D eigenvalue weighted by Gasteiger charge is -2.22. The van der Waals surface area contributed by atoms with Crippen LogP contribution in [0, 0.1) is 5.82 Å². The number of hydrogen-bond acceptors (Lipinski definition) is 1. The Hall–Kier alpha value is -0.890. The third-order valence-electron chi connectivity index (χ3n) is 3.39. The molecule has 1 fully saturated rings. The van der Waals surface area contributed by atoms with E-state index in [2.05, 4.69) is 5.32 Å². The van der Waals surface area contributed by atoms with Crippen molar-refractivity contribution in [1.29, 1.82) is 0 Å². The zero-order valence-corrected chi connectivity index (χ0v) is 9.71. The van der Waals surface area contributed by atoms with Gasteiger partial charge in [-0.2, -0.15) is 0 Å². The minimum Gasteiger partial charge on any atom is -0.314 e. The minimum absolute atomic E-state index is 0.0760. The molecule has 1 saturated carbocycles. The summed E-state index contributed by atoms with van der Waals surface area (Å²) in [5.74, 6) is -0.0760. The Labute approximate surface area is 97.1 Å². The Kier molecular flexibility index (Phi) is 4.34. The number of halogens is 1. The molecule has 0 radical (unpaired) electrons. The van der Waals surface area contributed by atoms with Crippen LogP contribution >= 0.6 is 0 Å². The molecule has 1 aromatic rings. The van der Waals surface area contributed by atoms with Gasteiger partial charge in [0.1, 0.15) is 5.82 Å². The average molecular weight is 221 g/mol. The van der Waals surface area contributed by atoms with Crippen molar-refractivity contribution in [2.75, 3.05) is 6.54 Å². The molecule has 1 aromatic carbocycles. The molecule has 16 heavy (non-hydrogen) atoms. The van der Waals surface area contributed by atoms with Crippen LogP contribution in [0.2, 0.25) is 0 Å². The lowest BCUT2D eigenvalue weighted by Crippen LogP contribution is -2.32. The Morgan fingerprint density at radius 3 is 2.62 bits per heavy atom. The Balaban J connectivity index is 1.73. The highest BCUT2D eigenvalue weighted by Gasteiger charge is 2.12. The van der Waals surface area contributed by atoms with Gasteiger partial charge in [0.25, 0.3) is 0 Å². The molecule has 0 aromatic heterocycles. The molecule has 0 amide bonds. The molecule has 0 spiro atoms. The topological polar surface area (TPSA) is 12.0 Å². The molecule has 0 heterocycles. The summed E-state index contributed by atoms with van der Waals surface area (Å²) < 4.78 is 13.3. The first-order valence-corrected chi connectivity index (χ1v) is 6.33. The average Bonchev–Trinajstić information content (AvgIpc) is 2.33. The SMILES string of the molecule is Fc1ccccc1CCNC1CCCCC1. The molecule has 0 aliphatic heterocycles. The summed E-state index contributed by atoms with van der Waals surface area (Å²) in [5.41, 5.74) is 0.825. The quantitative estimate of drug-likeness (QED) is 0.822. The summed E-state index contributed by atoms with van der Waals surface area (Å²) in [6, 6.07) is 7.72. The second-order valence-electron chi connectivity index (χ2n) is 4.63. The first kappa shape index (κ1) is 11.6. The fraction of sp³-hybridized carbons (Fsp3) is 0.571. The number of hydrogen-bond donors (Lipinski definition) is 1. The molecule has 1 aliphatic carbocycles. The van der Waals surface area contributed by atoms with Gasteiger partial charge in [0, 0.05) is 6.04 Å². The van der Waals surface area contributed by atoms with E-state index < -0.39 is 0 Å². The highest BCUT2D eigenvalue weighted by atomic mass is 19.1. The summed E-state index contributed by atoms with van der Waals surface area (Å²) in [7, 11) is 0. The molecule has 1 nitrogen and oxygen atoms in total. The van der Waals surface area contributed by atoms with Crippen LogP contribution in [0.4, 0.5) is 4.39 Å². The Bertz CT molecular complexity index is 318. The standard InChI is InChI=1S/C14H20FN/c15-14-9-5-4-6-12(14)10-11-16-13-7-2-1-3-8-13/h4-6,9,13,16H,1-3,7-8,10-11H2. The van der Waals surface area contributed by atoms with Crippen LogP contribution in [0.5, 0.6) is 0 Å². The van der Waals surface area contributed by atoms with Crippen molar-refractivity contribution in [2.24, 2.45) is 0 Å². The van der Waals surface area contributed by atoms with Crippen LogP contribution in [0.25, 0.3) is 0 Å². The van der Waals surface area contributed by atoms with E-state index in [-0.39, 0.29) is 5.82 Å². The molecule has 0 unspecified atom stereocenters. The smallest absolute Gasteiger partial charge is 0.126 e. The van der Waals surface area contributed by atoms with E-state index in [9.17, 15) is 4.39 Å². The summed E-state index contributed by atoms with van der Waals surface area (Å²) in [6.07, 6.45) is 7.44. The first-order chi connectivity index (χ1) is 7.86. The summed E-state index contributed by atoms with van der Waals surface area (Å²) in [4.78, 5) is 0. The molecule has 2 rings (SSSR count). The minimum atomic E-state index is -0.0760. The van der Waals surface area contributed by atoms with Crippen LogP contribution in [-0.4, -0.2) is 12.6 Å². The van der Waals surface area contributed by atoms with Crippen molar-refractivity contribution >= 4 is 0 Å². The predicted octanol–water partition coefficient (Wildman–Crippen LogP) is 3.29. The van der Waals surface area contributed by atoms with Gasteiger partial charge in [0.15, 0.2) is 0 Å². The molecule has 1 N–H and O–H groups in total. The molecule has 1 aliphatic rings. The fourth-order valence-electron chi connectivity index (χ4n) is 2.42. The van der Waals surface area contributed by atoms with Crippen molar-refractivity contribution in [1.82, 2.24) is 5.32 Å². The van der Waals surface area contributed by atoms with Crippen molar-refractivity contribution in [3.05, 3.63) is 35.6 Å². The van der Waals surface area contributed by atoms with Gasteiger partial charge in [-0.3, -0.25) is 0 Å². The molecule has 2 heteroatoms. The van der Waals surface area contributed by atoms with Crippen LogP contribution in [0.15, 0.2) is 24.3 Å². The number of nitrogens with one attached hydrogen (secondary N) is 1. The summed E-state index contributed by atoms with van der Waals surface area (Å²) in [6.45, 7) is 0.894. The van der Waals surface area contributed by atoms with Gasteiger partial charge in [0.2, 0.25) is 0 Å². The highest BCUT2D eigenvalue weighted by molar-refractivity contribution is 5.17. The fourth-order valence-corrected chi connectivity index (χ4v) is 2.42. The molecular formula is C14H20FN. The van der Waals surface area contributed by atoms with E-state index >= 15 is 0 Å². The van der Waals surface area contributed by atoms with E-state index in [1.54, 1.807) is 6.07 Å². The summed E-state index contributed by atoms with van der Waals surface area (Å²) in [5, 5.41) is 3.53. The van der Waals surface area contributed by atoms with Gasteiger partial charge in [-0.25, -0.2) is 4.39 Å². The maximum Gasteiger partial charge on any atom is 0.126 e. The van der Waals surface area contributed by atoms with E-state index in [0.29, 0.717) is 6.04 Å². The molecule has 88 valence electrons. The number of rotatable bonds is 4. The van der Waals surface area contributed by atoms with E-state index in [4.69, 9.17) is 0 Å². The number of benzene rings is 1. The largest absolute Gasteiger partial charge is 0.314 e. The Morgan fingerprint density at radius 1 is 1.12 bits per heavy atom. The third-order valence-corrected chi connectivity index (χ3v) is 3.39. The maximum atomic E-state index is 13.3. The van der Waals surface area contributed by atoms with Crippen molar-refractivity contribution in [2.45, 2.75) is 44.6 Å². The van der Waals surface area contributed by atoms with Crippen LogP contribution in [0.3, 0.4) is 0 Å². The monoisotopic (exact) mass is 221 g/mol. The molecule has 0 saturated heterocycles. The van der Waals surface area contributed by atoms with Gasteiger partial charge in [-0.1, -0.05) is 37.5 Å². The lowest BCUT2D eigenvalue weighted by atomic mass is 9.95. The summed E-state index contributed by atoms with van der Waals surface area (Å²) >= 11 is 0. The third kappa shape index (κ3) is 3.31. The van der Waals surface area contributed by atoms with Crippen LogP contribution < -0.4 is 5.32 Å². The second kappa shape index (κ2) is 6.00. The van der Waals surface area contributed by atoms with E-state index in [1.807, 2.05) is 12.1 Å². The lowest BCUT2D eigenvalue weighted by molar-refractivity contribution is 0.375. The molecule has 0 bridgehead atoms. The van der Waals surface area contributed by atoms with Gasteiger partial charge in [-0.05, 0) is 37.4 Å². The predicted molar refractivity (Wildman–Crippen MR) is 65.0 cm³/mol. The zero-order valence-electron chi connectivity index (χ0n) is 9.71. The zero-order chi connectivity index (χ0) is 11.2. The van der Waals surface area contributed by atoms with Gasteiger partial charge in [-0.15, -0.1) is 0 Å². The first-order valence-electron chi connectivity index (χ1n) is 6.33. The van der Waals surface area contributed by atoms with Crippen molar-refractivity contribution in [3.8, 4) is 0 Å². The van der Waals surface area contributed by atoms with E-state index in [0.717, 1.165) is 18.5 Å². The van der Waals surface area contributed by atoms with Gasteiger partial charge >= 0.3 is 0 Å². The van der Waals surface area contributed by atoms with Crippen LogP contribution in [-0.2, 0) is 6.42 Å². The van der Waals surface area contributed by atoms with Gasteiger partial charge < -0.3 is 5.32 Å². The van der Waals surface area contributed by atoms with Crippen molar-refractivity contribution in [3.63, 3.8) is 0 Å².